The van der Waals surface area contributed by atoms with E-state index >= 15 is 0 Å². The van der Waals surface area contributed by atoms with E-state index in [1.54, 1.807) is 12.1 Å². The first-order valence-corrected chi connectivity index (χ1v) is 13.9. The van der Waals surface area contributed by atoms with Gasteiger partial charge in [-0.1, -0.05) is 106 Å². The van der Waals surface area contributed by atoms with E-state index in [0.717, 1.165) is 33.0 Å². The van der Waals surface area contributed by atoms with E-state index < -0.39 is 5.41 Å². The van der Waals surface area contributed by atoms with Crippen LogP contribution in [-0.4, -0.2) is 6.79 Å². The van der Waals surface area contributed by atoms with Crippen molar-refractivity contribution in [1.29, 1.82) is 5.26 Å². The van der Waals surface area contributed by atoms with E-state index in [-0.39, 0.29) is 24.4 Å². The van der Waals surface area contributed by atoms with Crippen LogP contribution in [0.4, 0.5) is 4.39 Å². The van der Waals surface area contributed by atoms with Gasteiger partial charge in [0.25, 0.3) is 0 Å². The lowest BCUT2D eigenvalue weighted by molar-refractivity contribution is 0.175. The van der Waals surface area contributed by atoms with E-state index in [9.17, 15) is 9.65 Å². The Labute approximate surface area is 240 Å². The van der Waals surface area contributed by atoms with Crippen molar-refractivity contribution in [1.82, 2.24) is 0 Å². The minimum atomic E-state index is -0.413. The number of hydrogen-bond acceptors (Lipinski definition) is 3. The van der Waals surface area contributed by atoms with Crippen LogP contribution in [0.2, 0.25) is 0 Å². The summed E-state index contributed by atoms with van der Waals surface area (Å²) in [4.78, 5) is 0. The van der Waals surface area contributed by atoms with Crippen LogP contribution in [0.15, 0.2) is 103 Å². The third kappa shape index (κ3) is 4.52. The number of benzene rings is 5. The van der Waals surface area contributed by atoms with Gasteiger partial charge >= 0.3 is 0 Å². The molecule has 0 saturated carbocycles. The van der Waals surface area contributed by atoms with E-state index in [1.807, 2.05) is 18.2 Å². The van der Waals surface area contributed by atoms with Crippen LogP contribution in [0.3, 0.4) is 0 Å². The maximum absolute atomic E-state index is 14.1. The van der Waals surface area contributed by atoms with Gasteiger partial charge in [-0.3, -0.25) is 0 Å². The summed E-state index contributed by atoms with van der Waals surface area (Å²) in [6, 6.07) is 36.5. The van der Waals surface area contributed by atoms with Gasteiger partial charge < -0.3 is 9.47 Å². The van der Waals surface area contributed by atoms with Crippen molar-refractivity contribution in [2.24, 2.45) is 5.41 Å². The lowest BCUT2D eigenvalue weighted by atomic mass is 9.56. The molecule has 0 amide bonds. The Morgan fingerprint density at radius 2 is 1.44 bits per heavy atom. The summed E-state index contributed by atoms with van der Waals surface area (Å²) in [5, 5.41) is 12.0. The fraction of sp³-hybridized carbons (Fsp3) is 0.216. The van der Waals surface area contributed by atoms with Crippen LogP contribution >= 0.6 is 0 Å². The number of ether oxygens (including phenoxy) is 2. The van der Waals surface area contributed by atoms with Gasteiger partial charge in [0, 0.05) is 10.8 Å². The summed E-state index contributed by atoms with van der Waals surface area (Å²) >= 11 is 0. The zero-order chi connectivity index (χ0) is 28.6. The smallest absolute Gasteiger partial charge is 0.231 e. The second kappa shape index (κ2) is 10.4. The van der Waals surface area contributed by atoms with E-state index in [2.05, 4.69) is 87.5 Å². The standard InChI is InChI=1S/C37H32FNO2/c1-36(2,3)37(28-10-6-4-7-11-28,29-12-8-5-9-13-29)23-27-22-26-16-19-32-35(41-24-40-32)34(26)33(31(27)20-21-39)25-14-17-30(38)18-15-25/h4-19,22H,20,23-24H2,1-3H3. The van der Waals surface area contributed by atoms with Crippen molar-refractivity contribution in [3.63, 3.8) is 0 Å². The molecule has 5 aromatic rings. The second-order valence-electron chi connectivity index (χ2n) is 11.7. The third-order valence-electron chi connectivity index (χ3n) is 8.50. The average molecular weight is 542 g/mol. The number of fused-ring (bicyclic) bond motifs is 3. The van der Waals surface area contributed by atoms with Crippen molar-refractivity contribution in [2.75, 3.05) is 6.79 Å². The molecule has 0 saturated heterocycles. The van der Waals surface area contributed by atoms with Gasteiger partial charge in [0.1, 0.15) is 5.82 Å². The van der Waals surface area contributed by atoms with Crippen LogP contribution < -0.4 is 9.47 Å². The van der Waals surface area contributed by atoms with Gasteiger partial charge in [0.2, 0.25) is 6.79 Å². The molecule has 1 aliphatic rings. The normalized spacial score (nSPS) is 12.9. The van der Waals surface area contributed by atoms with Crippen LogP contribution in [0.1, 0.15) is 43.0 Å². The van der Waals surface area contributed by atoms with Gasteiger partial charge in [-0.15, -0.1) is 0 Å². The van der Waals surface area contributed by atoms with Crippen molar-refractivity contribution in [2.45, 2.75) is 39.0 Å². The molecule has 204 valence electrons. The maximum atomic E-state index is 14.1. The molecular weight excluding hydrogens is 509 g/mol. The minimum Gasteiger partial charge on any atom is -0.454 e. The zero-order valence-corrected chi connectivity index (χ0v) is 23.6. The molecule has 3 nitrogen and oxygen atoms in total. The molecule has 1 aliphatic heterocycles. The fourth-order valence-corrected chi connectivity index (χ4v) is 6.56. The first-order valence-electron chi connectivity index (χ1n) is 13.9. The summed E-state index contributed by atoms with van der Waals surface area (Å²) in [6.07, 6.45) is 0.867. The Hall–Kier alpha value is -4.62. The fourth-order valence-electron chi connectivity index (χ4n) is 6.56. The highest BCUT2D eigenvalue weighted by Crippen LogP contribution is 2.52. The Balaban J connectivity index is 1.71. The summed E-state index contributed by atoms with van der Waals surface area (Å²) in [7, 11) is 0. The zero-order valence-electron chi connectivity index (χ0n) is 23.6. The quantitative estimate of drug-likeness (QED) is 0.215. The molecular formula is C37H32FNO2. The summed E-state index contributed by atoms with van der Waals surface area (Å²) in [6.45, 7) is 7.01. The van der Waals surface area contributed by atoms with Gasteiger partial charge in [0.15, 0.2) is 11.5 Å². The molecule has 5 aromatic carbocycles. The van der Waals surface area contributed by atoms with Gasteiger partial charge in [-0.05, 0) is 68.8 Å². The van der Waals surface area contributed by atoms with Crippen LogP contribution in [0.25, 0.3) is 21.9 Å². The van der Waals surface area contributed by atoms with Gasteiger partial charge in [-0.2, -0.15) is 5.26 Å². The summed E-state index contributed by atoms with van der Waals surface area (Å²) in [5.41, 5.74) is 5.57. The first kappa shape index (κ1) is 26.6. The average Bonchev–Trinajstić information content (AvgIpc) is 3.46. The molecule has 0 spiro atoms. The van der Waals surface area contributed by atoms with Crippen molar-refractivity contribution in [3.05, 3.63) is 131 Å². The molecule has 41 heavy (non-hydrogen) atoms. The number of hydrogen-bond donors (Lipinski definition) is 0. The molecule has 0 aliphatic carbocycles. The molecule has 4 heteroatoms. The molecule has 0 N–H and O–H groups in total. The summed E-state index contributed by atoms with van der Waals surface area (Å²) < 4.78 is 25.8. The SMILES string of the molecule is CC(C)(C)C(Cc1cc2ccc3c(c2c(-c2ccc(F)cc2)c1CC#N)OCO3)(c1ccccc1)c1ccccc1. The van der Waals surface area contributed by atoms with E-state index in [0.29, 0.717) is 17.9 Å². The third-order valence-corrected chi connectivity index (χ3v) is 8.50. The minimum absolute atomic E-state index is 0.141. The predicted molar refractivity (Wildman–Crippen MR) is 162 cm³/mol. The molecule has 0 fully saturated rings. The number of rotatable bonds is 6. The highest BCUT2D eigenvalue weighted by atomic mass is 19.1. The highest BCUT2D eigenvalue weighted by molar-refractivity contribution is 6.05. The van der Waals surface area contributed by atoms with Crippen molar-refractivity contribution in [3.8, 4) is 28.7 Å². The molecule has 0 unspecified atom stereocenters. The van der Waals surface area contributed by atoms with Crippen LogP contribution in [0.5, 0.6) is 11.5 Å². The van der Waals surface area contributed by atoms with Crippen LogP contribution in [-0.2, 0) is 18.3 Å². The number of nitriles is 1. The first-order chi connectivity index (χ1) is 19.8. The molecule has 0 atom stereocenters. The Morgan fingerprint density at radius 3 is 2.02 bits per heavy atom. The molecule has 0 radical (unpaired) electrons. The number of nitrogens with zero attached hydrogens (tertiary/aromatic N) is 1. The highest BCUT2D eigenvalue weighted by Gasteiger charge is 2.45. The lowest BCUT2D eigenvalue weighted by Gasteiger charge is -2.47. The van der Waals surface area contributed by atoms with Gasteiger partial charge in [0.05, 0.1) is 12.5 Å². The second-order valence-corrected chi connectivity index (χ2v) is 11.7. The Morgan fingerprint density at radius 1 is 0.805 bits per heavy atom. The lowest BCUT2D eigenvalue weighted by Crippen LogP contribution is -2.43. The largest absolute Gasteiger partial charge is 0.454 e. The van der Waals surface area contributed by atoms with Crippen molar-refractivity contribution >= 4 is 10.8 Å². The molecule has 0 aromatic heterocycles. The predicted octanol–water partition coefficient (Wildman–Crippen LogP) is 9.02. The Kier molecular flexibility index (Phi) is 6.75. The van der Waals surface area contributed by atoms with Crippen molar-refractivity contribution < 1.29 is 13.9 Å². The maximum Gasteiger partial charge on any atom is 0.231 e. The van der Waals surface area contributed by atoms with Gasteiger partial charge in [-0.25, -0.2) is 4.39 Å². The summed E-state index contributed by atoms with van der Waals surface area (Å²) in [5.74, 6) is 1.04. The van der Waals surface area contributed by atoms with E-state index in [4.69, 9.17) is 9.47 Å². The monoisotopic (exact) mass is 541 g/mol. The molecule has 0 bridgehead atoms. The molecule has 6 rings (SSSR count). The molecule has 1 heterocycles. The number of halogens is 1. The topological polar surface area (TPSA) is 42.2 Å². The van der Waals surface area contributed by atoms with E-state index in [1.165, 1.54) is 23.3 Å². The Bertz CT molecular complexity index is 1710. The van der Waals surface area contributed by atoms with Crippen LogP contribution in [0, 0.1) is 22.6 Å².